The number of hydrogen-bond acceptors (Lipinski definition) is 6. The first kappa shape index (κ1) is 22.2. The summed E-state index contributed by atoms with van der Waals surface area (Å²) in [6.07, 6.45) is -4.78. The number of benzene rings is 2. The molecule has 3 aromatic rings. The molecule has 0 spiro atoms. The number of rotatable bonds is 4. The minimum absolute atomic E-state index is 0.245. The molecule has 0 aliphatic carbocycles. The molecule has 1 aliphatic rings. The number of anilines is 1. The van der Waals surface area contributed by atoms with Gasteiger partial charge in [-0.25, -0.2) is 4.79 Å². The molecule has 0 bridgehead atoms. The van der Waals surface area contributed by atoms with Crippen molar-refractivity contribution in [3.8, 4) is 5.75 Å². The quantitative estimate of drug-likeness (QED) is 0.588. The lowest BCUT2D eigenvalue weighted by Gasteiger charge is -2.10. The van der Waals surface area contributed by atoms with E-state index in [0.717, 1.165) is 27.7 Å². The SMILES string of the molecule is Cc1nnc(C2C[NH+](C(=O)Nc3ccc(OC(F)(F)F)cc3)N=C2c2ccc(Cl)cc2)s1. The Kier molecular flexibility index (Phi) is 6.13. The van der Waals surface area contributed by atoms with Gasteiger partial charge in [0.1, 0.15) is 33.9 Å². The monoisotopic (exact) mass is 482 g/mol. The number of hydrogen-bond donors (Lipinski definition) is 2. The molecule has 2 amide bonds. The molecule has 0 fully saturated rings. The van der Waals surface area contributed by atoms with Crippen LogP contribution in [0.2, 0.25) is 5.02 Å². The number of aromatic nitrogens is 2. The number of nitrogens with one attached hydrogen (secondary N) is 2. The average molecular weight is 483 g/mol. The summed E-state index contributed by atoms with van der Waals surface area (Å²) in [7, 11) is 0. The fraction of sp³-hybridized carbons (Fsp3) is 0.200. The van der Waals surface area contributed by atoms with Crippen molar-refractivity contribution in [2.45, 2.75) is 19.2 Å². The molecule has 1 aromatic heterocycles. The molecule has 12 heteroatoms. The zero-order valence-electron chi connectivity index (χ0n) is 16.5. The average Bonchev–Trinajstić information content (AvgIpc) is 3.35. The highest BCUT2D eigenvalue weighted by molar-refractivity contribution is 7.11. The molecule has 2 heterocycles. The van der Waals surface area contributed by atoms with Crippen LogP contribution in [0.1, 0.15) is 21.5 Å². The number of nitrogens with zero attached hydrogens (tertiary/aromatic N) is 3. The van der Waals surface area contributed by atoms with Gasteiger partial charge >= 0.3 is 12.4 Å². The first-order chi connectivity index (χ1) is 15.2. The number of carbonyl (C=O) groups is 1. The van der Waals surface area contributed by atoms with Gasteiger partial charge in [0.15, 0.2) is 0 Å². The molecule has 166 valence electrons. The van der Waals surface area contributed by atoms with Crippen molar-refractivity contribution >= 4 is 40.4 Å². The van der Waals surface area contributed by atoms with Gasteiger partial charge in [-0.05, 0) is 43.3 Å². The van der Waals surface area contributed by atoms with Gasteiger partial charge in [0.2, 0.25) is 0 Å². The Hall–Kier alpha value is -3.02. The van der Waals surface area contributed by atoms with Gasteiger partial charge in [-0.3, -0.25) is 5.32 Å². The Morgan fingerprint density at radius 2 is 1.84 bits per heavy atom. The van der Waals surface area contributed by atoms with E-state index in [1.807, 2.05) is 19.1 Å². The molecule has 2 aromatic carbocycles. The fourth-order valence-electron chi connectivity index (χ4n) is 3.19. The molecule has 32 heavy (non-hydrogen) atoms. The van der Waals surface area contributed by atoms with Gasteiger partial charge in [0.05, 0.1) is 0 Å². The lowest BCUT2D eigenvalue weighted by Crippen LogP contribution is -3.10. The first-order valence-electron chi connectivity index (χ1n) is 9.35. The van der Waals surface area contributed by atoms with E-state index in [-0.39, 0.29) is 16.7 Å². The number of aryl methyl sites for hydroxylation is 1. The van der Waals surface area contributed by atoms with Gasteiger partial charge in [-0.15, -0.1) is 39.7 Å². The summed E-state index contributed by atoms with van der Waals surface area (Å²) in [5.74, 6) is -0.621. The van der Waals surface area contributed by atoms with Crippen molar-refractivity contribution in [1.29, 1.82) is 0 Å². The van der Waals surface area contributed by atoms with Crippen molar-refractivity contribution in [3.05, 3.63) is 69.1 Å². The molecule has 1 aliphatic heterocycles. The largest absolute Gasteiger partial charge is 0.573 e. The Morgan fingerprint density at radius 3 is 2.44 bits per heavy atom. The molecule has 0 radical (unpaired) electrons. The second-order valence-electron chi connectivity index (χ2n) is 6.89. The number of urea groups is 1. The smallest absolute Gasteiger partial charge is 0.406 e. The zero-order valence-corrected chi connectivity index (χ0v) is 18.1. The van der Waals surface area contributed by atoms with E-state index < -0.39 is 12.4 Å². The molecular weight excluding hydrogens is 467 g/mol. The maximum Gasteiger partial charge on any atom is 0.573 e. The summed E-state index contributed by atoms with van der Waals surface area (Å²) in [6.45, 7) is 2.16. The third-order valence-electron chi connectivity index (χ3n) is 4.57. The van der Waals surface area contributed by atoms with E-state index in [9.17, 15) is 18.0 Å². The van der Waals surface area contributed by atoms with Crippen LogP contribution in [0, 0.1) is 6.92 Å². The number of ether oxygens (including phenoxy) is 1. The van der Waals surface area contributed by atoms with E-state index in [1.165, 1.54) is 23.5 Å². The van der Waals surface area contributed by atoms with Gasteiger partial charge in [-0.1, -0.05) is 28.8 Å². The molecule has 7 nitrogen and oxygen atoms in total. The molecular formula is C20H16ClF3N5O2S+. The lowest BCUT2D eigenvalue weighted by atomic mass is 9.98. The number of quaternary nitrogens is 1. The second kappa shape index (κ2) is 8.85. The Labute approximate surface area is 189 Å². The third-order valence-corrected chi connectivity index (χ3v) is 5.77. The minimum atomic E-state index is -4.78. The van der Waals surface area contributed by atoms with Crippen LogP contribution in [0.5, 0.6) is 5.75 Å². The van der Waals surface area contributed by atoms with Crippen LogP contribution in [0.3, 0.4) is 0 Å². The first-order valence-corrected chi connectivity index (χ1v) is 10.5. The highest BCUT2D eigenvalue weighted by atomic mass is 35.5. The van der Waals surface area contributed by atoms with Gasteiger partial charge in [0, 0.05) is 16.3 Å². The van der Waals surface area contributed by atoms with Crippen LogP contribution in [0.4, 0.5) is 23.7 Å². The van der Waals surface area contributed by atoms with E-state index in [2.05, 4.69) is 25.4 Å². The molecule has 2 atom stereocenters. The molecule has 0 saturated heterocycles. The molecule has 4 rings (SSSR count). The highest BCUT2D eigenvalue weighted by Gasteiger charge is 2.39. The Morgan fingerprint density at radius 1 is 1.16 bits per heavy atom. The summed E-state index contributed by atoms with van der Waals surface area (Å²) in [6, 6.07) is 11.6. The molecule has 0 saturated carbocycles. The van der Waals surface area contributed by atoms with E-state index in [1.54, 1.807) is 12.1 Å². The van der Waals surface area contributed by atoms with Crippen LogP contribution >= 0.6 is 22.9 Å². The van der Waals surface area contributed by atoms with Crippen molar-refractivity contribution in [3.63, 3.8) is 0 Å². The number of alkyl halides is 3. The van der Waals surface area contributed by atoms with Crippen molar-refractivity contribution in [2.24, 2.45) is 5.10 Å². The van der Waals surface area contributed by atoms with E-state index in [0.29, 0.717) is 23.0 Å². The maximum atomic E-state index is 12.8. The minimum Gasteiger partial charge on any atom is -0.406 e. The maximum absolute atomic E-state index is 12.8. The van der Waals surface area contributed by atoms with Crippen LogP contribution in [-0.2, 0) is 0 Å². The lowest BCUT2D eigenvalue weighted by molar-refractivity contribution is -0.814. The third kappa shape index (κ3) is 5.23. The number of halogens is 4. The second-order valence-corrected chi connectivity index (χ2v) is 8.54. The summed E-state index contributed by atoms with van der Waals surface area (Å²) in [5.41, 5.74) is 1.80. The van der Waals surface area contributed by atoms with Gasteiger partial charge < -0.3 is 4.74 Å². The van der Waals surface area contributed by atoms with Crippen LogP contribution < -0.4 is 15.1 Å². The summed E-state index contributed by atoms with van der Waals surface area (Å²) in [4.78, 5) is 12.8. The Bertz CT molecular complexity index is 1150. The number of carbonyl (C=O) groups excluding carboxylic acids is 1. The standard InChI is InChI=1S/C20H15ClF3N5O2S/c1-11-26-27-18(32-11)16-10-29(28-17(16)12-2-4-13(21)5-3-12)19(30)25-14-6-8-15(9-7-14)31-20(22,23)24/h2-9,16H,10H2,1H3,(H,25,30)/p+1. The van der Waals surface area contributed by atoms with Crippen LogP contribution in [0.25, 0.3) is 0 Å². The molecule has 2 N–H and O–H groups in total. The molecule has 2 unspecified atom stereocenters. The summed E-state index contributed by atoms with van der Waals surface area (Å²) in [5, 5.41) is 17.9. The van der Waals surface area contributed by atoms with Crippen molar-refractivity contribution < 1.29 is 27.7 Å². The van der Waals surface area contributed by atoms with Gasteiger partial charge in [-0.2, -0.15) is 0 Å². The van der Waals surface area contributed by atoms with E-state index in [4.69, 9.17) is 11.6 Å². The van der Waals surface area contributed by atoms with E-state index >= 15 is 0 Å². The van der Waals surface area contributed by atoms with Crippen LogP contribution in [-0.4, -0.2) is 34.8 Å². The van der Waals surface area contributed by atoms with Crippen LogP contribution in [0.15, 0.2) is 53.6 Å². The summed E-state index contributed by atoms with van der Waals surface area (Å²) < 4.78 is 40.8. The van der Waals surface area contributed by atoms with Gasteiger partial charge in [0.25, 0.3) is 0 Å². The Balaban J connectivity index is 1.53. The highest BCUT2D eigenvalue weighted by Crippen LogP contribution is 2.27. The number of amides is 2. The predicted octanol–water partition coefficient (Wildman–Crippen LogP) is 4.02. The fourth-order valence-corrected chi connectivity index (χ4v) is 4.12. The predicted molar refractivity (Wildman–Crippen MR) is 113 cm³/mol. The normalized spacial score (nSPS) is 18.3. The summed E-state index contributed by atoms with van der Waals surface area (Å²) >= 11 is 7.42. The van der Waals surface area contributed by atoms with Crippen molar-refractivity contribution in [1.82, 2.24) is 10.2 Å². The topological polar surface area (TPSA) is 80.9 Å². The van der Waals surface area contributed by atoms with Crippen molar-refractivity contribution in [2.75, 3.05) is 11.9 Å². The zero-order chi connectivity index (χ0) is 22.9.